The van der Waals surface area contributed by atoms with E-state index in [1.54, 1.807) is 25.7 Å². The summed E-state index contributed by atoms with van der Waals surface area (Å²) in [7, 11) is 1.55. The van der Waals surface area contributed by atoms with Crippen LogP contribution in [-0.2, 0) is 0 Å². The first-order valence-corrected chi connectivity index (χ1v) is 11.1. The second kappa shape index (κ2) is 8.99. The molecule has 1 fully saturated rings. The van der Waals surface area contributed by atoms with Gasteiger partial charge in [0.15, 0.2) is 0 Å². The molecule has 8 nitrogen and oxygen atoms in total. The van der Waals surface area contributed by atoms with Crippen LogP contribution in [0.3, 0.4) is 0 Å². The Morgan fingerprint density at radius 2 is 1.91 bits per heavy atom. The Morgan fingerprint density at radius 1 is 1.06 bits per heavy atom. The highest BCUT2D eigenvalue weighted by Gasteiger charge is 2.18. The van der Waals surface area contributed by atoms with Crippen LogP contribution in [-0.4, -0.2) is 40.1 Å². The van der Waals surface area contributed by atoms with Gasteiger partial charge >= 0.3 is 0 Å². The standard InChI is InChI=1S/C25H26N6O2/c1-15-11-18(3-4-19(15)16-5-8-26-9-6-16)29-24-23-17(7-10-28-25(23)32)12-20(31-24)21-13-27-14-22(30-21)33-2/h3-4,7,10-14,16,26H,5-6,8-9H2,1-2H3,(H,28,32)(H,29,31). The minimum atomic E-state index is -0.200. The van der Waals surface area contributed by atoms with Gasteiger partial charge in [-0.3, -0.25) is 9.78 Å². The topological polar surface area (TPSA) is 105 Å². The lowest BCUT2D eigenvalue weighted by atomic mass is 9.87. The molecule has 0 aliphatic carbocycles. The second-order valence-electron chi connectivity index (χ2n) is 8.29. The maximum atomic E-state index is 12.7. The summed E-state index contributed by atoms with van der Waals surface area (Å²) in [5.41, 5.74) is 4.48. The molecule has 4 aromatic rings. The molecule has 4 heterocycles. The number of aromatic amines is 1. The van der Waals surface area contributed by atoms with Crippen molar-refractivity contribution in [1.29, 1.82) is 0 Å². The number of nitrogens with one attached hydrogen (secondary N) is 3. The van der Waals surface area contributed by atoms with Crippen LogP contribution in [0.2, 0.25) is 0 Å². The summed E-state index contributed by atoms with van der Waals surface area (Å²) < 4.78 is 5.21. The molecule has 8 heteroatoms. The van der Waals surface area contributed by atoms with Crippen molar-refractivity contribution in [2.24, 2.45) is 0 Å². The molecule has 0 bridgehead atoms. The summed E-state index contributed by atoms with van der Waals surface area (Å²) in [6.45, 7) is 4.26. The van der Waals surface area contributed by atoms with Crippen LogP contribution < -0.4 is 20.9 Å². The van der Waals surface area contributed by atoms with E-state index >= 15 is 0 Å². The largest absolute Gasteiger partial charge is 0.480 e. The Morgan fingerprint density at radius 3 is 2.70 bits per heavy atom. The maximum absolute atomic E-state index is 12.7. The van der Waals surface area contributed by atoms with Crippen LogP contribution in [0.25, 0.3) is 22.2 Å². The van der Waals surface area contributed by atoms with Gasteiger partial charge in [0.25, 0.3) is 5.56 Å². The molecule has 1 aliphatic rings. The number of H-pyrrole nitrogens is 1. The zero-order valence-corrected chi connectivity index (χ0v) is 18.7. The predicted octanol–water partition coefficient (Wildman–Crippen LogP) is 3.91. The molecule has 0 amide bonds. The van der Waals surface area contributed by atoms with Crippen LogP contribution in [0.15, 0.2) is 53.7 Å². The van der Waals surface area contributed by atoms with Gasteiger partial charge < -0.3 is 20.4 Å². The fourth-order valence-corrected chi connectivity index (χ4v) is 4.49. The minimum Gasteiger partial charge on any atom is -0.480 e. The average molecular weight is 443 g/mol. The van der Waals surface area contributed by atoms with Gasteiger partial charge in [-0.05, 0) is 79.6 Å². The van der Waals surface area contributed by atoms with Crippen LogP contribution in [0.4, 0.5) is 11.5 Å². The monoisotopic (exact) mass is 442 g/mol. The first-order chi connectivity index (χ1) is 16.1. The first-order valence-electron chi connectivity index (χ1n) is 11.1. The van der Waals surface area contributed by atoms with E-state index in [1.807, 2.05) is 12.1 Å². The SMILES string of the molecule is COc1cncc(-c2cc3cc[nH]c(=O)c3c(Nc3ccc(C4CCNCC4)c(C)c3)n2)n1. The Labute approximate surface area is 191 Å². The van der Waals surface area contributed by atoms with E-state index in [0.717, 1.165) is 37.0 Å². The molecule has 3 N–H and O–H groups in total. The highest BCUT2D eigenvalue weighted by Crippen LogP contribution is 2.32. The van der Waals surface area contributed by atoms with Crippen LogP contribution in [0.5, 0.6) is 5.88 Å². The van der Waals surface area contributed by atoms with E-state index in [9.17, 15) is 4.79 Å². The van der Waals surface area contributed by atoms with Gasteiger partial charge in [-0.25, -0.2) is 9.97 Å². The molecule has 168 valence electrons. The number of benzene rings is 1. The lowest BCUT2D eigenvalue weighted by molar-refractivity contribution is 0.396. The normalized spacial score (nSPS) is 14.4. The smallest absolute Gasteiger partial charge is 0.259 e. The summed E-state index contributed by atoms with van der Waals surface area (Å²) in [6, 6.07) is 10.1. The highest BCUT2D eigenvalue weighted by molar-refractivity contribution is 5.94. The van der Waals surface area contributed by atoms with Crippen molar-refractivity contribution in [2.75, 3.05) is 25.5 Å². The molecule has 3 aromatic heterocycles. The van der Waals surface area contributed by atoms with Crippen molar-refractivity contribution < 1.29 is 4.74 Å². The quantitative estimate of drug-likeness (QED) is 0.430. The van der Waals surface area contributed by atoms with Crippen molar-refractivity contribution in [1.82, 2.24) is 25.3 Å². The fraction of sp³-hybridized carbons (Fsp3) is 0.280. The molecule has 1 aromatic carbocycles. The highest BCUT2D eigenvalue weighted by atomic mass is 16.5. The van der Waals surface area contributed by atoms with Crippen molar-refractivity contribution in [2.45, 2.75) is 25.7 Å². The summed E-state index contributed by atoms with van der Waals surface area (Å²) in [6.07, 6.45) is 7.11. The van der Waals surface area contributed by atoms with E-state index < -0.39 is 0 Å². The van der Waals surface area contributed by atoms with Gasteiger partial charge in [0.2, 0.25) is 5.88 Å². The number of pyridine rings is 2. The number of methoxy groups -OCH3 is 1. The van der Waals surface area contributed by atoms with Crippen LogP contribution >= 0.6 is 0 Å². The second-order valence-corrected chi connectivity index (χ2v) is 8.29. The fourth-order valence-electron chi connectivity index (χ4n) is 4.49. The zero-order valence-electron chi connectivity index (χ0n) is 18.7. The Hall–Kier alpha value is -3.78. The maximum Gasteiger partial charge on any atom is 0.259 e. The number of hydrogen-bond acceptors (Lipinski definition) is 7. The van der Waals surface area contributed by atoms with Gasteiger partial charge in [0.05, 0.1) is 30.6 Å². The van der Waals surface area contributed by atoms with Gasteiger partial charge in [-0.1, -0.05) is 6.07 Å². The third-order valence-electron chi connectivity index (χ3n) is 6.15. The van der Waals surface area contributed by atoms with Gasteiger partial charge in [0, 0.05) is 11.9 Å². The number of fused-ring (bicyclic) bond motifs is 1. The van der Waals surface area contributed by atoms with Crippen molar-refractivity contribution in [3.8, 4) is 17.3 Å². The molecule has 0 saturated carbocycles. The number of nitrogens with zero attached hydrogens (tertiary/aromatic N) is 3. The number of aromatic nitrogens is 4. The number of hydrogen-bond donors (Lipinski definition) is 3. The summed E-state index contributed by atoms with van der Waals surface area (Å²) >= 11 is 0. The number of piperidine rings is 1. The summed E-state index contributed by atoms with van der Waals surface area (Å²) in [4.78, 5) is 28.8. The Bertz CT molecular complexity index is 1360. The molecular formula is C25H26N6O2. The molecule has 33 heavy (non-hydrogen) atoms. The predicted molar refractivity (Wildman–Crippen MR) is 129 cm³/mol. The third kappa shape index (κ3) is 4.29. The van der Waals surface area contributed by atoms with Crippen LogP contribution in [0, 0.1) is 6.92 Å². The van der Waals surface area contributed by atoms with Crippen molar-refractivity contribution in [3.63, 3.8) is 0 Å². The number of anilines is 2. The summed E-state index contributed by atoms with van der Waals surface area (Å²) in [5, 5.41) is 8.06. The van der Waals surface area contributed by atoms with Gasteiger partial charge in [-0.2, -0.15) is 0 Å². The van der Waals surface area contributed by atoms with Crippen molar-refractivity contribution in [3.05, 3.63) is 70.4 Å². The third-order valence-corrected chi connectivity index (χ3v) is 6.15. The van der Waals surface area contributed by atoms with Crippen molar-refractivity contribution >= 4 is 22.3 Å². The van der Waals surface area contributed by atoms with E-state index in [-0.39, 0.29) is 5.56 Å². The number of aryl methyl sites for hydroxylation is 1. The van der Waals surface area contributed by atoms with E-state index in [1.165, 1.54) is 11.1 Å². The Balaban J connectivity index is 1.55. The molecule has 0 unspecified atom stereocenters. The van der Waals surface area contributed by atoms with E-state index in [2.05, 4.69) is 50.7 Å². The molecule has 0 spiro atoms. The lowest BCUT2D eigenvalue weighted by Crippen LogP contribution is -2.26. The molecule has 0 atom stereocenters. The zero-order chi connectivity index (χ0) is 22.8. The lowest BCUT2D eigenvalue weighted by Gasteiger charge is -2.25. The molecule has 1 aliphatic heterocycles. The van der Waals surface area contributed by atoms with E-state index in [0.29, 0.717) is 34.4 Å². The van der Waals surface area contributed by atoms with Gasteiger partial charge in [0.1, 0.15) is 11.5 Å². The van der Waals surface area contributed by atoms with Gasteiger partial charge in [-0.15, -0.1) is 0 Å². The summed E-state index contributed by atoms with van der Waals surface area (Å²) in [5.74, 6) is 1.46. The number of ether oxygens (including phenoxy) is 1. The number of rotatable bonds is 5. The average Bonchev–Trinajstić information content (AvgIpc) is 2.84. The molecule has 5 rings (SSSR count). The first kappa shape index (κ1) is 21.1. The Kier molecular flexibility index (Phi) is 5.75. The minimum absolute atomic E-state index is 0.200. The molecule has 1 saturated heterocycles. The van der Waals surface area contributed by atoms with E-state index in [4.69, 9.17) is 9.72 Å². The van der Waals surface area contributed by atoms with Crippen LogP contribution in [0.1, 0.15) is 29.9 Å². The molecular weight excluding hydrogens is 416 g/mol. The molecule has 0 radical (unpaired) electrons.